The molecule has 0 spiro atoms. The van der Waals surface area contributed by atoms with Gasteiger partial charge in [0.1, 0.15) is 11.3 Å². The van der Waals surface area contributed by atoms with Crippen molar-refractivity contribution >= 4 is 10.0 Å². The van der Waals surface area contributed by atoms with E-state index in [0.29, 0.717) is 11.5 Å². The molecule has 0 unspecified atom stereocenters. The molecule has 0 aromatic heterocycles. The Morgan fingerprint density at radius 2 is 2.29 bits per heavy atom. The molecule has 2 heterocycles. The van der Waals surface area contributed by atoms with Gasteiger partial charge in [0.2, 0.25) is 5.75 Å². The van der Waals surface area contributed by atoms with E-state index in [2.05, 4.69) is 4.43 Å². The molecule has 0 fully saturated rings. The summed E-state index contributed by atoms with van der Waals surface area (Å²) in [5.41, 5.74) is 0.672. The van der Waals surface area contributed by atoms with Gasteiger partial charge < -0.3 is 13.3 Å². The summed E-state index contributed by atoms with van der Waals surface area (Å²) in [7, 11) is 0.0247. The summed E-state index contributed by atoms with van der Waals surface area (Å²) >= 11 is 0. The number of hydrogen-bond acceptors (Lipinski definition) is 3. The van der Waals surface area contributed by atoms with Crippen molar-refractivity contribution in [1.29, 1.82) is 0 Å². The Morgan fingerprint density at radius 3 is 3.21 bits per heavy atom. The molecule has 69 valence electrons. The number of hydrogen-bond donors (Lipinski definition) is 0. The summed E-state index contributed by atoms with van der Waals surface area (Å²) in [6, 6.07) is 4.67. The van der Waals surface area contributed by atoms with Crippen molar-refractivity contribution < 1.29 is 13.3 Å². The lowest BCUT2D eigenvalue weighted by atomic mass is 10.1. The van der Waals surface area contributed by atoms with Gasteiger partial charge in [-0.05, 0) is 0 Å². The first-order valence-corrected chi connectivity index (χ1v) is 4.88. The van der Waals surface area contributed by atoms with Crippen LogP contribution in [0.3, 0.4) is 0 Å². The van der Waals surface area contributed by atoms with Crippen LogP contribution < -0.4 is 9.85 Å². The quantitative estimate of drug-likeness (QED) is 0.474. The largest absolute Gasteiger partial charge is 0.810 e. The van der Waals surface area contributed by atoms with E-state index in [0.717, 1.165) is 11.3 Å². The molecule has 3 rings (SSSR count). The first-order chi connectivity index (χ1) is 6.84. The maximum Gasteiger partial charge on any atom is 0.396 e. The highest BCUT2D eigenvalue weighted by molar-refractivity contribution is 6.21. The van der Waals surface area contributed by atoms with Gasteiger partial charge in [0.15, 0.2) is 5.43 Å². The van der Waals surface area contributed by atoms with Crippen LogP contribution in [0.25, 0.3) is 11.3 Å². The summed E-state index contributed by atoms with van der Waals surface area (Å²) in [5.74, 6) is 1.92. The van der Waals surface area contributed by atoms with Crippen LogP contribution in [0.2, 0.25) is 0 Å². The molecule has 0 amide bonds. The van der Waals surface area contributed by atoms with Crippen LogP contribution in [-0.4, -0.2) is 14.4 Å². The number of rotatable bonds is 0. The Balaban J connectivity index is 2.47. The highest BCUT2D eigenvalue weighted by Crippen LogP contribution is 2.40. The van der Waals surface area contributed by atoms with Crippen LogP contribution in [0.1, 0.15) is 0 Å². The molecule has 5 heteroatoms. The molecule has 1 N–H and O–H groups in total. The van der Waals surface area contributed by atoms with E-state index in [9.17, 15) is 4.79 Å². The fourth-order valence-electron chi connectivity index (χ4n) is 1.46. The lowest BCUT2D eigenvalue weighted by Gasteiger charge is -2.27. The van der Waals surface area contributed by atoms with Crippen molar-refractivity contribution in [2.45, 2.75) is 0 Å². The van der Waals surface area contributed by atoms with Gasteiger partial charge in [-0.25, -0.2) is 0 Å². The van der Waals surface area contributed by atoms with Gasteiger partial charge in [-0.1, -0.05) is 0 Å². The maximum atomic E-state index is 11.2. The summed E-state index contributed by atoms with van der Waals surface area (Å²) in [4.78, 5) is 11.2. The van der Waals surface area contributed by atoms with Crippen LogP contribution in [-0.2, 0) is 0 Å². The lowest BCUT2D eigenvalue weighted by molar-refractivity contribution is 0.234. The molecule has 14 heavy (non-hydrogen) atoms. The highest BCUT2D eigenvalue weighted by Gasteiger charge is 2.21. The van der Waals surface area contributed by atoms with Gasteiger partial charge in [0.25, 0.3) is 0 Å². The van der Waals surface area contributed by atoms with E-state index >= 15 is 0 Å². The van der Waals surface area contributed by atoms with Gasteiger partial charge in [-0.2, -0.15) is 0 Å². The van der Waals surface area contributed by atoms with E-state index in [4.69, 9.17) is 8.84 Å². The van der Waals surface area contributed by atoms with Crippen LogP contribution in [0, 0.1) is 0 Å². The lowest BCUT2D eigenvalue weighted by Crippen LogP contribution is -2.16. The van der Waals surface area contributed by atoms with Crippen molar-refractivity contribution in [1.82, 2.24) is 0 Å². The first kappa shape index (κ1) is 7.63. The van der Waals surface area contributed by atoms with E-state index in [1.54, 1.807) is 6.07 Å². The zero-order valence-electron chi connectivity index (χ0n) is 6.98. The van der Waals surface area contributed by atoms with Crippen molar-refractivity contribution in [2.24, 2.45) is 0 Å². The number of aromatic hydroxyl groups is 1. The molecule has 0 saturated heterocycles. The Labute approximate surface area is 81.5 Å². The first-order valence-electron chi connectivity index (χ1n) is 4.03. The highest BCUT2D eigenvalue weighted by atomic mass is 28.3. The van der Waals surface area contributed by atoms with E-state index in [1.807, 2.05) is 0 Å². The van der Waals surface area contributed by atoms with Gasteiger partial charge in [-0.15, -0.1) is 0 Å². The second-order valence-electron chi connectivity index (χ2n) is 2.91. The van der Waals surface area contributed by atoms with E-state index in [-0.39, 0.29) is 15.4 Å². The number of benzene rings is 1. The molecule has 1 aliphatic carbocycles. The Hall–Kier alpha value is -1.75. The smallest absolute Gasteiger partial charge is 0.396 e. The van der Waals surface area contributed by atoms with Gasteiger partial charge in [-0.3, -0.25) is 4.79 Å². The predicted molar refractivity (Wildman–Crippen MR) is 49.6 cm³/mol. The van der Waals surface area contributed by atoms with Gasteiger partial charge in [0, 0.05) is 12.1 Å². The third kappa shape index (κ3) is 0.958. The standard InChI is InChI=1S/C9H5O4Si/c10-5-3-7-9-6(1-2-11-7)12-14-13-8(9)4-5/h1-4,12H. The van der Waals surface area contributed by atoms with Crippen LogP contribution in [0.4, 0.5) is 0 Å². The summed E-state index contributed by atoms with van der Waals surface area (Å²) in [6.45, 7) is 0. The van der Waals surface area contributed by atoms with E-state index in [1.165, 1.54) is 18.4 Å². The molecule has 0 saturated carbocycles. The molecule has 0 aromatic carbocycles. The summed E-state index contributed by atoms with van der Waals surface area (Å²) < 4.78 is 14.7. The minimum Gasteiger partial charge on any atom is -0.810 e. The molecular weight excluding hydrogens is 200 g/mol. The van der Waals surface area contributed by atoms with Crippen molar-refractivity contribution in [3.05, 3.63) is 34.7 Å². The average Bonchev–Trinajstić information content (AvgIpc) is 2.18. The molecule has 0 atom stereocenters. The maximum absolute atomic E-state index is 11.2. The van der Waals surface area contributed by atoms with Crippen LogP contribution in [0.15, 0.2) is 33.7 Å². The molecular formula is C9H5O4Si. The monoisotopic (exact) mass is 205 g/mol. The van der Waals surface area contributed by atoms with Crippen molar-refractivity contribution in [3.8, 4) is 22.8 Å². The molecule has 0 aromatic rings. The average molecular weight is 205 g/mol. The molecule has 2 aliphatic heterocycles. The molecule has 1 radical (unpaired) electrons. The molecule has 4 nitrogen and oxygen atoms in total. The minimum absolute atomic E-state index is 0.0247. The fourth-order valence-corrected chi connectivity index (χ4v) is 2.05. The third-order valence-electron chi connectivity index (χ3n) is 2.04. The Bertz CT molecular complexity index is 519. The van der Waals surface area contributed by atoms with Crippen LogP contribution >= 0.6 is 0 Å². The van der Waals surface area contributed by atoms with Crippen molar-refractivity contribution in [3.63, 3.8) is 0 Å². The zero-order chi connectivity index (χ0) is 9.54. The second-order valence-corrected chi connectivity index (χ2v) is 3.52. The van der Waals surface area contributed by atoms with Gasteiger partial charge >= 0.3 is 10.0 Å². The Kier molecular flexibility index (Phi) is 1.43. The van der Waals surface area contributed by atoms with E-state index < -0.39 is 0 Å². The zero-order valence-corrected chi connectivity index (χ0v) is 7.98. The normalized spacial score (nSPS) is 13.4. The summed E-state index contributed by atoms with van der Waals surface area (Å²) in [6.07, 6.45) is 1.53. The third-order valence-corrected chi connectivity index (χ3v) is 2.68. The van der Waals surface area contributed by atoms with Crippen LogP contribution in [0.5, 0.6) is 11.5 Å². The molecule has 3 aliphatic rings. The van der Waals surface area contributed by atoms with Crippen molar-refractivity contribution in [2.75, 3.05) is 0 Å². The predicted octanol–water partition coefficient (Wildman–Crippen LogP) is 0.912. The Morgan fingerprint density at radius 1 is 1.36 bits per heavy atom. The summed E-state index contributed by atoms with van der Waals surface area (Å²) in [5, 5.41) is 0. The SMILES string of the molecule is O=c1cc2occc3c-2c(c1)O[Si-][OH+]3. The molecule has 0 bridgehead atoms. The second kappa shape index (κ2) is 2.62. The topological polar surface area (TPSA) is 52.2 Å². The van der Waals surface area contributed by atoms with Gasteiger partial charge in [0.05, 0.1) is 18.1 Å². The fraction of sp³-hybridized carbons (Fsp3) is 0. The minimum atomic E-state index is -0.111.